The molecule has 0 aromatic carbocycles. The SMILES string of the molecule is COCCOc1nc(N)c2c(n1)N(Cc1ccc(OCC3CCN(C)CC3)nc1)C(=O)C2. The van der Waals surface area contributed by atoms with Gasteiger partial charge in [-0.1, -0.05) is 6.07 Å². The molecule has 0 saturated carbocycles. The molecule has 1 saturated heterocycles. The van der Waals surface area contributed by atoms with Crippen LogP contribution in [0, 0.1) is 5.92 Å². The van der Waals surface area contributed by atoms with E-state index in [0.29, 0.717) is 49.5 Å². The number of nitrogens with two attached hydrogens (primary N) is 1. The van der Waals surface area contributed by atoms with Crippen molar-refractivity contribution in [1.82, 2.24) is 19.9 Å². The van der Waals surface area contributed by atoms with Crippen molar-refractivity contribution in [3.8, 4) is 11.9 Å². The van der Waals surface area contributed by atoms with Gasteiger partial charge in [-0.15, -0.1) is 0 Å². The third-order valence-electron chi connectivity index (χ3n) is 5.84. The van der Waals surface area contributed by atoms with Crippen molar-refractivity contribution in [3.63, 3.8) is 0 Å². The lowest BCUT2D eigenvalue weighted by Gasteiger charge is -2.28. The van der Waals surface area contributed by atoms with Gasteiger partial charge in [0, 0.05) is 24.9 Å². The number of amides is 1. The molecule has 1 fully saturated rings. The molecule has 2 aromatic heterocycles. The van der Waals surface area contributed by atoms with E-state index in [1.54, 1.807) is 18.2 Å². The average molecular weight is 443 g/mol. The average Bonchev–Trinajstić information content (AvgIpc) is 3.10. The Morgan fingerprint density at radius 2 is 1.97 bits per heavy atom. The summed E-state index contributed by atoms with van der Waals surface area (Å²) in [6, 6.07) is 3.90. The molecule has 32 heavy (non-hydrogen) atoms. The molecule has 10 nitrogen and oxygen atoms in total. The van der Waals surface area contributed by atoms with Crippen LogP contribution in [0.5, 0.6) is 11.9 Å². The highest BCUT2D eigenvalue weighted by atomic mass is 16.5. The third-order valence-corrected chi connectivity index (χ3v) is 5.84. The number of methoxy groups -OCH3 is 1. The standard InChI is InChI=1S/C22H30N6O4/c1-27-7-5-15(6-8-27)14-32-18-4-3-16(12-24-18)13-28-19(29)11-17-20(23)25-22(26-21(17)28)31-10-9-30-2/h3-4,12,15H,5-11,13-14H2,1-2H3,(H2,23,25,26). The first-order valence-corrected chi connectivity index (χ1v) is 10.9. The van der Waals surface area contributed by atoms with Crippen molar-refractivity contribution in [2.75, 3.05) is 57.7 Å². The van der Waals surface area contributed by atoms with Gasteiger partial charge in [-0.2, -0.15) is 9.97 Å². The summed E-state index contributed by atoms with van der Waals surface area (Å²) < 4.78 is 16.3. The van der Waals surface area contributed by atoms with E-state index in [0.717, 1.165) is 31.5 Å². The number of anilines is 2. The van der Waals surface area contributed by atoms with Crippen LogP contribution in [0.4, 0.5) is 11.6 Å². The number of nitrogens with zero attached hydrogens (tertiary/aromatic N) is 5. The number of hydrogen-bond acceptors (Lipinski definition) is 9. The summed E-state index contributed by atoms with van der Waals surface area (Å²) in [4.78, 5) is 29.5. The Labute approximate surface area is 187 Å². The fourth-order valence-electron chi connectivity index (χ4n) is 3.87. The van der Waals surface area contributed by atoms with Crippen LogP contribution < -0.4 is 20.1 Å². The minimum Gasteiger partial charge on any atom is -0.477 e. The Balaban J connectivity index is 1.38. The third kappa shape index (κ3) is 5.25. The lowest BCUT2D eigenvalue weighted by atomic mass is 9.98. The number of carbonyl (C=O) groups is 1. The van der Waals surface area contributed by atoms with Gasteiger partial charge in [0.05, 0.1) is 26.2 Å². The normalized spacial score (nSPS) is 16.9. The Kier molecular flexibility index (Phi) is 7.01. The highest BCUT2D eigenvalue weighted by Gasteiger charge is 2.32. The number of rotatable bonds is 9. The maximum Gasteiger partial charge on any atom is 0.320 e. The molecule has 2 N–H and O–H groups in total. The molecule has 0 radical (unpaired) electrons. The smallest absolute Gasteiger partial charge is 0.320 e. The van der Waals surface area contributed by atoms with Crippen LogP contribution >= 0.6 is 0 Å². The molecule has 2 aliphatic heterocycles. The zero-order valence-corrected chi connectivity index (χ0v) is 18.6. The highest BCUT2D eigenvalue weighted by Crippen LogP contribution is 2.33. The van der Waals surface area contributed by atoms with Gasteiger partial charge in [0.25, 0.3) is 0 Å². The van der Waals surface area contributed by atoms with E-state index in [9.17, 15) is 4.79 Å². The number of ether oxygens (including phenoxy) is 3. The van der Waals surface area contributed by atoms with E-state index in [-0.39, 0.29) is 24.2 Å². The Morgan fingerprint density at radius 3 is 2.69 bits per heavy atom. The van der Waals surface area contributed by atoms with Gasteiger partial charge >= 0.3 is 6.01 Å². The molecule has 172 valence electrons. The lowest BCUT2D eigenvalue weighted by molar-refractivity contribution is -0.117. The van der Waals surface area contributed by atoms with Gasteiger partial charge in [0.15, 0.2) is 0 Å². The van der Waals surface area contributed by atoms with Crippen molar-refractivity contribution in [1.29, 1.82) is 0 Å². The van der Waals surface area contributed by atoms with E-state index in [1.807, 2.05) is 12.1 Å². The van der Waals surface area contributed by atoms with Crippen LogP contribution in [0.3, 0.4) is 0 Å². The van der Waals surface area contributed by atoms with E-state index < -0.39 is 0 Å². The van der Waals surface area contributed by atoms with Crippen LogP contribution in [0.25, 0.3) is 0 Å². The molecular formula is C22H30N6O4. The van der Waals surface area contributed by atoms with E-state index >= 15 is 0 Å². The van der Waals surface area contributed by atoms with Gasteiger partial charge in [0.2, 0.25) is 11.8 Å². The summed E-state index contributed by atoms with van der Waals surface area (Å²) in [5.41, 5.74) is 7.54. The minimum absolute atomic E-state index is 0.0855. The summed E-state index contributed by atoms with van der Waals surface area (Å²) in [7, 11) is 3.73. The van der Waals surface area contributed by atoms with E-state index in [2.05, 4.69) is 26.9 Å². The molecule has 10 heteroatoms. The summed E-state index contributed by atoms with van der Waals surface area (Å²) >= 11 is 0. The Hall–Kier alpha value is -2.98. The fraction of sp³-hybridized carbons (Fsp3) is 0.545. The number of piperidine rings is 1. The van der Waals surface area contributed by atoms with Gasteiger partial charge in [-0.25, -0.2) is 4.98 Å². The molecule has 0 unspecified atom stereocenters. The predicted octanol–water partition coefficient (Wildman–Crippen LogP) is 1.29. The van der Waals surface area contributed by atoms with Gasteiger partial charge in [-0.3, -0.25) is 9.69 Å². The predicted molar refractivity (Wildman–Crippen MR) is 119 cm³/mol. The molecule has 2 aromatic rings. The minimum atomic E-state index is -0.0855. The van der Waals surface area contributed by atoms with Crippen molar-refractivity contribution in [2.45, 2.75) is 25.8 Å². The number of nitrogen functional groups attached to an aromatic ring is 1. The second-order valence-corrected chi connectivity index (χ2v) is 8.25. The van der Waals surface area contributed by atoms with Crippen LogP contribution in [0.15, 0.2) is 18.3 Å². The van der Waals surface area contributed by atoms with Crippen molar-refractivity contribution in [3.05, 3.63) is 29.5 Å². The van der Waals surface area contributed by atoms with Gasteiger partial charge < -0.3 is 24.8 Å². The number of fused-ring (bicyclic) bond motifs is 1. The largest absolute Gasteiger partial charge is 0.477 e. The first kappa shape index (κ1) is 22.2. The second kappa shape index (κ2) is 10.1. The number of aromatic nitrogens is 3. The first-order valence-electron chi connectivity index (χ1n) is 10.9. The van der Waals surface area contributed by atoms with Gasteiger partial charge in [0.1, 0.15) is 18.2 Å². The number of hydrogen-bond donors (Lipinski definition) is 1. The summed E-state index contributed by atoms with van der Waals surface area (Å²) in [6.07, 6.45) is 4.20. The molecular weight excluding hydrogens is 412 g/mol. The monoisotopic (exact) mass is 442 g/mol. The number of carbonyl (C=O) groups excluding carboxylic acids is 1. The zero-order chi connectivity index (χ0) is 22.5. The van der Waals surface area contributed by atoms with Crippen molar-refractivity contribution >= 4 is 17.5 Å². The zero-order valence-electron chi connectivity index (χ0n) is 18.6. The number of pyridine rings is 1. The lowest BCUT2D eigenvalue weighted by Crippen LogP contribution is -2.32. The van der Waals surface area contributed by atoms with Crippen LogP contribution in [-0.4, -0.2) is 72.8 Å². The fourth-order valence-corrected chi connectivity index (χ4v) is 3.87. The van der Waals surface area contributed by atoms with Gasteiger partial charge in [-0.05, 0) is 44.5 Å². The number of likely N-dealkylation sites (tertiary alicyclic amines) is 1. The van der Waals surface area contributed by atoms with Crippen LogP contribution in [0.1, 0.15) is 24.0 Å². The molecule has 0 bridgehead atoms. The maximum absolute atomic E-state index is 12.6. The summed E-state index contributed by atoms with van der Waals surface area (Å²) in [5.74, 6) is 1.82. The Bertz CT molecular complexity index is 931. The van der Waals surface area contributed by atoms with Crippen molar-refractivity contribution < 1.29 is 19.0 Å². The Morgan fingerprint density at radius 1 is 1.16 bits per heavy atom. The van der Waals surface area contributed by atoms with E-state index in [4.69, 9.17) is 19.9 Å². The highest BCUT2D eigenvalue weighted by molar-refractivity contribution is 6.01. The molecule has 0 atom stereocenters. The summed E-state index contributed by atoms with van der Waals surface area (Å²) in [5, 5.41) is 0. The van der Waals surface area contributed by atoms with E-state index in [1.165, 1.54) is 0 Å². The maximum atomic E-state index is 12.6. The second-order valence-electron chi connectivity index (χ2n) is 8.25. The molecule has 0 spiro atoms. The van der Waals surface area contributed by atoms with Crippen LogP contribution in [-0.2, 0) is 22.5 Å². The first-order chi connectivity index (χ1) is 15.5. The topological polar surface area (TPSA) is 116 Å². The molecule has 2 aliphatic rings. The molecule has 0 aliphatic carbocycles. The molecule has 4 heterocycles. The van der Waals surface area contributed by atoms with Crippen molar-refractivity contribution in [2.24, 2.45) is 5.92 Å². The summed E-state index contributed by atoms with van der Waals surface area (Å²) in [6.45, 7) is 3.94. The van der Waals surface area contributed by atoms with Crippen LogP contribution in [0.2, 0.25) is 0 Å². The molecule has 4 rings (SSSR count). The quantitative estimate of drug-likeness (QED) is 0.573. The molecule has 1 amide bonds.